The van der Waals surface area contributed by atoms with Crippen LogP contribution in [0.25, 0.3) is 0 Å². The lowest BCUT2D eigenvalue weighted by Gasteiger charge is -2.08. The highest BCUT2D eigenvalue weighted by Gasteiger charge is 2.12. The molecule has 106 valence electrons. The fraction of sp³-hybridized carbons (Fsp3) is 0.385. The summed E-state index contributed by atoms with van der Waals surface area (Å²) in [6.07, 6.45) is 5.15. The van der Waals surface area contributed by atoms with E-state index in [1.165, 1.54) is 17.3 Å². The molecule has 0 aliphatic rings. The lowest BCUT2D eigenvalue weighted by molar-refractivity contribution is -0.133. The number of carboxylic acid groups (broad SMARTS) is 1. The highest BCUT2D eigenvalue weighted by molar-refractivity contribution is 7.99. The highest BCUT2D eigenvalue weighted by atomic mass is 32.2. The molecule has 0 radical (unpaired) electrons. The van der Waals surface area contributed by atoms with Gasteiger partial charge in [0.2, 0.25) is 0 Å². The third-order valence-electron chi connectivity index (χ3n) is 2.81. The van der Waals surface area contributed by atoms with Crippen LogP contribution in [-0.2, 0) is 24.2 Å². The number of carboxylic acids is 1. The zero-order valence-corrected chi connectivity index (χ0v) is 12.0. The largest absolute Gasteiger partial charge is 0.481 e. The first-order valence-electron chi connectivity index (χ1n) is 6.36. The molecule has 0 unspecified atom stereocenters. The predicted octanol–water partition coefficient (Wildman–Crippen LogP) is 1.65. The highest BCUT2D eigenvalue weighted by Crippen LogP contribution is 2.18. The van der Waals surface area contributed by atoms with E-state index in [-0.39, 0.29) is 5.75 Å². The lowest BCUT2D eigenvalue weighted by atomic mass is 10.2. The van der Waals surface area contributed by atoms with Crippen molar-refractivity contribution in [3.8, 4) is 0 Å². The van der Waals surface area contributed by atoms with Crippen LogP contribution in [0.1, 0.15) is 18.3 Å². The molecular weight excluding hydrogens is 276 g/mol. The predicted molar refractivity (Wildman–Crippen MR) is 75.7 cm³/mol. The molecular formula is C13H16N4O2S. The number of carbonyl (C=O) groups is 1. The molecule has 0 amide bonds. The molecule has 0 bridgehead atoms. The first kappa shape index (κ1) is 14.5. The van der Waals surface area contributed by atoms with E-state index in [1.54, 1.807) is 12.4 Å². The molecule has 2 rings (SSSR count). The van der Waals surface area contributed by atoms with Gasteiger partial charge in [-0.3, -0.25) is 9.78 Å². The summed E-state index contributed by atoms with van der Waals surface area (Å²) < 4.78 is 1.99. The topological polar surface area (TPSA) is 80.9 Å². The number of aliphatic carboxylic acids is 1. The van der Waals surface area contributed by atoms with Crippen LogP contribution in [-0.4, -0.2) is 36.6 Å². The molecule has 2 aromatic rings. The molecule has 7 heteroatoms. The Morgan fingerprint density at radius 2 is 2.10 bits per heavy atom. The van der Waals surface area contributed by atoms with Crippen LogP contribution in [0.15, 0.2) is 29.7 Å². The minimum atomic E-state index is -0.850. The van der Waals surface area contributed by atoms with E-state index in [4.69, 9.17) is 5.11 Å². The Hall–Kier alpha value is -1.89. The second kappa shape index (κ2) is 7.04. The minimum Gasteiger partial charge on any atom is -0.481 e. The van der Waals surface area contributed by atoms with Crippen molar-refractivity contribution >= 4 is 17.7 Å². The Morgan fingerprint density at radius 1 is 1.35 bits per heavy atom. The Bertz CT molecular complexity index is 571. The van der Waals surface area contributed by atoms with E-state index in [1.807, 2.05) is 23.6 Å². The maximum Gasteiger partial charge on any atom is 0.313 e. The third-order valence-corrected chi connectivity index (χ3v) is 3.76. The number of hydrogen-bond donors (Lipinski definition) is 1. The van der Waals surface area contributed by atoms with Gasteiger partial charge in [0.1, 0.15) is 5.82 Å². The second-order valence-electron chi connectivity index (χ2n) is 4.19. The van der Waals surface area contributed by atoms with Gasteiger partial charge in [0.05, 0.1) is 5.75 Å². The average Bonchev–Trinajstić information content (AvgIpc) is 2.86. The Labute approximate surface area is 121 Å². The zero-order chi connectivity index (χ0) is 14.4. The maximum atomic E-state index is 10.7. The normalized spacial score (nSPS) is 10.7. The molecule has 0 saturated carbocycles. The van der Waals surface area contributed by atoms with Gasteiger partial charge in [0, 0.05) is 25.4 Å². The molecule has 0 aliphatic heterocycles. The van der Waals surface area contributed by atoms with E-state index in [0.717, 1.165) is 25.2 Å². The van der Waals surface area contributed by atoms with Gasteiger partial charge in [-0.15, -0.1) is 10.2 Å². The Morgan fingerprint density at radius 3 is 2.75 bits per heavy atom. The summed E-state index contributed by atoms with van der Waals surface area (Å²) in [7, 11) is 0. The van der Waals surface area contributed by atoms with Crippen LogP contribution >= 0.6 is 11.8 Å². The van der Waals surface area contributed by atoms with Crippen LogP contribution in [0.2, 0.25) is 0 Å². The van der Waals surface area contributed by atoms with E-state index < -0.39 is 5.97 Å². The SMILES string of the molecule is CCc1nnc(SCC(=O)O)n1CCc1ccncc1. The molecule has 0 fully saturated rings. The molecule has 6 nitrogen and oxygen atoms in total. The molecule has 0 atom stereocenters. The second-order valence-corrected chi connectivity index (χ2v) is 5.13. The third kappa shape index (κ3) is 3.80. The lowest BCUT2D eigenvalue weighted by Crippen LogP contribution is -2.08. The summed E-state index contributed by atoms with van der Waals surface area (Å²) in [4.78, 5) is 14.6. The van der Waals surface area contributed by atoms with Crippen molar-refractivity contribution in [2.24, 2.45) is 0 Å². The molecule has 0 aromatic carbocycles. The van der Waals surface area contributed by atoms with Crippen LogP contribution in [0, 0.1) is 0 Å². The number of nitrogens with zero attached hydrogens (tertiary/aromatic N) is 4. The maximum absolute atomic E-state index is 10.7. The summed E-state index contributed by atoms with van der Waals surface area (Å²) in [6, 6.07) is 3.94. The van der Waals surface area contributed by atoms with Gasteiger partial charge >= 0.3 is 5.97 Å². The van der Waals surface area contributed by atoms with E-state index in [2.05, 4.69) is 15.2 Å². The number of aryl methyl sites for hydroxylation is 2. The first-order chi connectivity index (χ1) is 9.70. The molecule has 2 aromatic heterocycles. The molecule has 0 spiro atoms. The standard InChI is InChI=1S/C13H16N4O2S/c1-2-11-15-16-13(20-9-12(18)19)17(11)8-5-10-3-6-14-7-4-10/h3-4,6-7H,2,5,8-9H2,1H3,(H,18,19). The van der Waals surface area contributed by atoms with Gasteiger partial charge in [0.15, 0.2) is 5.16 Å². The van der Waals surface area contributed by atoms with Crippen LogP contribution in [0.5, 0.6) is 0 Å². The van der Waals surface area contributed by atoms with Gasteiger partial charge in [-0.05, 0) is 24.1 Å². The van der Waals surface area contributed by atoms with Crippen LogP contribution < -0.4 is 0 Å². The fourth-order valence-corrected chi connectivity index (χ4v) is 2.53. The van der Waals surface area contributed by atoms with E-state index in [0.29, 0.717) is 5.16 Å². The van der Waals surface area contributed by atoms with Crippen molar-refractivity contribution in [3.05, 3.63) is 35.9 Å². The van der Waals surface area contributed by atoms with Crippen molar-refractivity contribution < 1.29 is 9.90 Å². The van der Waals surface area contributed by atoms with E-state index in [9.17, 15) is 4.79 Å². The summed E-state index contributed by atoms with van der Waals surface area (Å²) in [5.41, 5.74) is 1.19. The first-order valence-corrected chi connectivity index (χ1v) is 7.34. The molecule has 20 heavy (non-hydrogen) atoms. The summed E-state index contributed by atoms with van der Waals surface area (Å²) in [5.74, 6) is 0.0283. The van der Waals surface area contributed by atoms with Crippen molar-refractivity contribution in [1.82, 2.24) is 19.7 Å². The Balaban J connectivity index is 2.08. The van der Waals surface area contributed by atoms with Gasteiger partial charge in [-0.1, -0.05) is 18.7 Å². The van der Waals surface area contributed by atoms with Crippen molar-refractivity contribution in [1.29, 1.82) is 0 Å². The number of hydrogen-bond acceptors (Lipinski definition) is 5. The van der Waals surface area contributed by atoms with Gasteiger partial charge in [-0.2, -0.15) is 0 Å². The molecule has 0 aliphatic carbocycles. The zero-order valence-electron chi connectivity index (χ0n) is 11.2. The number of aromatic nitrogens is 4. The number of rotatable bonds is 7. The summed E-state index contributed by atoms with van der Waals surface area (Å²) in [6.45, 7) is 2.75. The summed E-state index contributed by atoms with van der Waals surface area (Å²) >= 11 is 1.20. The van der Waals surface area contributed by atoms with Gasteiger partial charge in [-0.25, -0.2) is 0 Å². The summed E-state index contributed by atoms with van der Waals surface area (Å²) in [5, 5.41) is 17.6. The van der Waals surface area contributed by atoms with Crippen molar-refractivity contribution in [3.63, 3.8) is 0 Å². The molecule has 2 heterocycles. The number of pyridine rings is 1. The van der Waals surface area contributed by atoms with Crippen molar-refractivity contribution in [2.45, 2.75) is 31.5 Å². The van der Waals surface area contributed by atoms with Crippen LogP contribution in [0.4, 0.5) is 0 Å². The number of thioether (sulfide) groups is 1. The average molecular weight is 292 g/mol. The van der Waals surface area contributed by atoms with Gasteiger partial charge < -0.3 is 9.67 Å². The van der Waals surface area contributed by atoms with Crippen molar-refractivity contribution in [2.75, 3.05) is 5.75 Å². The van der Waals surface area contributed by atoms with E-state index >= 15 is 0 Å². The van der Waals surface area contributed by atoms with Gasteiger partial charge in [0.25, 0.3) is 0 Å². The Kier molecular flexibility index (Phi) is 5.11. The smallest absolute Gasteiger partial charge is 0.313 e. The minimum absolute atomic E-state index is 0.00287. The monoisotopic (exact) mass is 292 g/mol. The van der Waals surface area contributed by atoms with Crippen LogP contribution in [0.3, 0.4) is 0 Å². The molecule has 1 N–H and O–H groups in total. The quantitative estimate of drug-likeness (QED) is 0.782. The molecule has 0 saturated heterocycles. The fourth-order valence-electron chi connectivity index (χ4n) is 1.83.